The number of carbonyl (C=O) groups excluding carboxylic acids is 1. The molecule has 2 rings (SSSR count). The van der Waals surface area contributed by atoms with Gasteiger partial charge in [-0.05, 0) is 59.3 Å². The average molecular weight is 312 g/mol. The molecule has 1 aliphatic heterocycles. The first-order chi connectivity index (χ1) is 10.2. The highest BCUT2D eigenvalue weighted by molar-refractivity contribution is 5.78. The molecule has 1 aliphatic carbocycles. The van der Waals surface area contributed by atoms with Crippen molar-refractivity contribution in [2.75, 3.05) is 6.54 Å². The van der Waals surface area contributed by atoms with Crippen LogP contribution in [-0.4, -0.2) is 46.3 Å². The number of rotatable bonds is 2. The van der Waals surface area contributed by atoms with Gasteiger partial charge in [0.05, 0.1) is 11.5 Å². The molecule has 6 heteroatoms. The Kier molecular flexibility index (Phi) is 4.70. The van der Waals surface area contributed by atoms with Gasteiger partial charge in [0.1, 0.15) is 5.60 Å². The van der Waals surface area contributed by atoms with Gasteiger partial charge in [-0.3, -0.25) is 4.79 Å². The van der Waals surface area contributed by atoms with Gasteiger partial charge >= 0.3 is 12.1 Å². The van der Waals surface area contributed by atoms with Crippen LogP contribution in [-0.2, 0) is 9.53 Å². The number of hydrogen-bond donors (Lipinski definition) is 2. The standard InChI is InChI=1S/C16H28N2O4/c1-15(2,3)22-14(21)18-10-4-5-12(18)16(13(19)20)8-6-11(17)7-9-16/h11-12H,4-10,17H2,1-3H3,(H,19,20). The second-order valence-electron chi connectivity index (χ2n) is 7.63. The van der Waals surface area contributed by atoms with Crippen LogP contribution in [0.4, 0.5) is 4.79 Å². The number of hydrogen-bond acceptors (Lipinski definition) is 4. The quantitative estimate of drug-likeness (QED) is 0.816. The van der Waals surface area contributed by atoms with Crippen LogP contribution in [0.15, 0.2) is 0 Å². The number of aliphatic carboxylic acids is 1. The molecule has 2 aliphatic rings. The molecule has 2 fully saturated rings. The number of likely N-dealkylation sites (tertiary alicyclic amines) is 1. The van der Waals surface area contributed by atoms with E-state index >= 15 is 0 Å². The Hall–Kier alpha value is -1.30. The lowest BCUT2D eigenvalue weighted by Gasteiger charge is -2.43. The smallest absolute Gasteiger partial charge is 0.410 e. The number of nitrogens with two attached hydrogens (primary N) is 1. The summed E-state index contributed by atoms with van der Waals surface area (Å²) in [6, 6.07) is -0.212. The minimum Gasteiger partial charge on any atom is -0.481 e. The first-order valence-corrected chi connectivity index (χ1v) is 8.14. The number of carboxylic acid groups (broad SMARTS) is 1. The highest BCUT2D eigenvalue weighted by Gasteiger charge is 2.52. The van der Waals surface area contributed by atoms with Crippen LogP contribution in [0.25, 0.3) is 0 Å². The van der Waals surface area contributed by atoms with Crippen LogP contribution < -0.4 is 5.73 Å². The minimum absolute atomic E-state index is 0.0730. The van der Waals surface area contributed by atoms with Crippen molar-refractivity contribution in [3.05, 3.63) is 0 Å². The molecule has 1 atom stereocenters. The zero-order valence-corrected chi connectivity index (χ0v) is 13.8. The molecule has 0 spiro atoms. The Morgan fingerprint density at radius 3 is 2.32 bits per heavy atom. The first-order valence-electron chi connectivity index (χ1n) is 8.14. The van der Waals surface area contributed by atoms with Gasteiger partial charge in [0, 0.05) is 12.6 Å². The predicted molar refractivity (Wildman–Crippen MR) is 82.5 cm³/mol. The number of ether oxygens (including phenoxy) is 1. The summed E-state index contributed by atoms with van der Waals surface area (Å²) < 4.78 is 5.46. The SMILES string of the molecule is CC(C)(C)OC(=O)N1CCCC1C1(C(=O)O)CCC(N)CC1. The fourth-order valence-corrected chi connectivity index (χ4v) is 3.73. The van der Waals surface area contributed by atoms with Gasteiger partial charge in [-0.15, -0.1) is 0 Å². The van der Waals surface area contributed by atoms with E-state index in [1.807, 2.05) is 20.8 Å². The second-order valence-corrected chi connectivity index (χ2v) is 7.63. The van der Waals surface area contributed by atoms with E-state index in [4.69, 9.17) is 10.5 Å². The van der Waals surface area contributed by atoms with Gasteiger partial charge in [0.25, 0.3) is 0 Å². The van der Waals surface area contributed by atoms with Crippen molar-refractivity contribution >= 4 is 12.1 Å². The van der Waals surface area contributed by atoms with Gasteiger partial charge in [0.15, 0.2) is 0 Å². The molecule has 0 aromatic heterocycles. The summed E-state index contributed by atoms with van der Waals surface area (Å²) in [6.07, 6.45) is 3.62. The van der Waals surface area contributed by atoms with E-state index in [2.05, 4.69) is 0 Å². The Bertz CT molecular complexity index is 436. The van der Waals surface area contributed by atoms with E-state index in [0.717, 1.165) is 12.8 Å². The third-order valence-electron chi connectivity index (χ3n) is 4.87. The van der Waals surface area contributed by atoms with Crippen LogP contribution in [0.2, 0.25) is 0 Å². The van der Waals surface area contributed by atoms with Crippen LogP contribution in [0.5, 0.6) is 0 Å². The maximum absolute atomic E-state index is 12.4. The van der Waals surface area contributed by atoms with Crippen molar-refractivity contribution < 1.29 is 19.4 Å². The van der Waals surface area contributed by atoms with E-state index in [0.29, 0.717) is 32.2 Å². The first kappa shape index (κ1) is 17.1. The Balaban J connectivity index is 2.20. The summed E-state index contributed by atoms with van der Waals surface area (Å²) in [5, 5.41) is 9.85. The molecule has 1 saturated carbocycles. The molecule has 1 amide bonds. The van der Waals surface area contributed by atoms with Crippen LogP contribution in [0.3, 0.4) is 0 Å². The van der Waals surface area contributed by atoms with Gasteiger partial charge < -0.3 is 20.5 Å². The Morgan fingerprint density at radius 2 is 1.82 bits per heavy atom. The van der Waals surface area contributed by atoms with E-state index < -0.39 is 23.1 Å². The number of nitrogens with zero attached hydrogens (tertiary/aromatic N) is 1. The molecule has 22 heavy (non-hydrogen) atoms. The molecule has 6 nitrogen and oxygen atoms in total. The normalized spacial score (nSPS) is 32.8. The highest BCUT2D eigenvalue weighted by atomic mass is 16.6. The van der Waals surface area contributed by atoms with E-state index in [1.165, 1.54) is 0 Å². The molecular weight excluding hydrogens is 284 g/mol. The Labute approximate surface area is 132 Å². The predicted octanol–water partition coefficient (Wildman–Crippen LogP) is 2.36. The van der Waals surface area contributed by atoms with Crippen LogP contribution in [0.1, 0.15) is 59.3 Å². The second kappa shape index (κ2) is 6.07. The lowest BCUT2D eigenvalue weighted by molar-refractivity contribution is -0.155. The maximum Gasteiger partial charge on any atom is 0.410 e. The van der Waals surface area contributed by atoms with Crippen molar-refractivity contribution in [3.8, 4) is 0 Å². The largest absolute Gasteiger partial charge is 0.481 e. The molecule has 1 saturated heterocycles. The molecule has 1 heterocycles. The van der Waals surface area contributed by atoms with Crippen molar-refractivity contribution in [1.82, 2.24) is 4.90 Å². The summed E-state index contributed by atoms with van der Waals surface area (Å²) in [6.45, 7) is 6.04. The topological polar surface area (TPSA) is 92.9 Å². The third-order valence-corrected chi connectivity index (χ3v) is 4.87. The molecular formula is C16H28N2O4. The average Bonchev–Trinajstić information content (AvgIpc) is 2.87. The van der Waals surface area contributed by atoms with Gasteiger partial charge in [-0.1, -0.05) is 0 Å². The molecule has 126 valence electrons. The number of carboxylic acids is 1. The molecule has 1 unspecified atom stereocenters. The fourth-order valence-electron chi connectivity index (χ4n) is 3.73. The monoisotopic (exact) mass is 312 g/mol. The Morgan fingerprint density at radius 1 is 1.23 bits per heavy atom. The van der Waals surface area contributed by atoms with Gasteiger partial charge in [0.2, 0.25) is 0 Å². The van der Waals surface area contributed by atoms with Crippen LogP contribution in [0, 0.1) is 5.41 Å². The third kappa shape index (κ3) is 3.37. The van der Waals surface area contributed by atoms with Crippen molar-refractivity contribution in [1.29, 1.82) is 0 Å². The zero-order chi connectivity index (χ0) is 16.5. The number of amides is 1. The fraction of sp³-hybridized carbons (Fsp3) is 0.875. The summed E-state index contributed by atoms with van der Waals surface area (Å²) in [4.78, 5) is 26.1. The van der Waals surface area contributed by atoms with Crippen molar-refractivity contribution in [3.63, 3.8) is 0 Å². The lowest BCUT2D eigenvalue weighted by atomic mass is 9.67. The summed E-state index contributed by atoms with van der Waals surface area (Å²) in [5.41, 5.74) is 4.49. The van der Waals surface area contributed by atoms with Crippen LogP contribution >= 0.6 is 0 Å². The summed E-state index contributed by atoms with van der Waals surface area (Å²) in [5.74, 6) is -0.806. The van der Waals surface area contributed by atoms with E-state index in [-0.39, 0.29) is 12.1 Å². The highest BCUT2D eigenvalue weighted by Crippen LogP contribution is 2.45. The molecule has 0 aromatic carbocycles. The molecule has 3 N–H and O–H groups in total. The molecule has 0 aromatic rings. The van der Waals surface area contributed by atoms with E-state index in [1.54, 1.807) is 4.90 Å². The zero-order valence-electron chi connectivity index (χ0n) is 13.8. The summed E-state index contributed by atoms with van der Waals surface area (Å²) in [7, 11) is 0. The van der Waals surface area contributed by atoms with Gasteiger partial charge in [-0.25, -0.2) is 4.79 Å². The minimum atomic E-state index is -0.872. The van der Waals surface area contributed by atoms with E-state index in [9.17, 15) is 14.7 Å². The lowest BCUT2D eigenvalue weighted by Crippen LogP contribution is -2.54. The molecule has 0 radical (unpaired) electrons. The summed E-state index contributed by atoms with van der Waals surface area (Å²) >= 11 is 0. The molecule has 0 bridgehead atoms. The van der Waals surface area contributed by atoms with Crippen molar-refractivity contribution in [2.24, 2.45) is 11.1 Å². The van der Waals surface area contributed by atoms with Crippen molar-refractivity contribution in [2.45, 2.75) is 77.0 Å². The maximum atomic E-state index is 12.4. The van der Waals surface area contributed by atoms with Gasteiger partial charge in [-0.2, -0.15) is 0 Å². The number of carbonyl (C=O) groups is 2.